The Kier molecular flexibility index (Phi) is 5.83. The highest BCUT2D eigenvalue weighted by Crippen LogP contribution is 2.24. The van der Waals surface area contributed by atoms with Gasteiger partial charge in [0.1, 0.15) is 0 Å². The van der Waals surface area contributed by atoms with E-state index in [9.17, 15) is 4.79 Å². The molecule has 2 unspecified atom stereocenters. The standard InChI is InChI=1S/C11H20O5Si/c1-4-11(12)14-7-5-9-17(13-3)15-8-6-10(2)16-17/h4,10H,1,5-9H2,2-3H3. The van der Waals surface area contributed by atoms with E-state index in [1.54, 1.807) is 7.11 Å². The molecule has 0 saturated carbocycles. The van der Waals surface area contributed by atoms with Gasteiger partial charge in [0.25, 0.3) is 0 Å². The average molecular weight is 260 g/mol. The van der Waals surface area contributed by atoms with Crippen molar-refractivity contribution in [3.8, 4) is 0 Å². The maximum Gasteiger partial charge on any atom is 0.501 e. The first-order chi connectivity index (χ1) is 8.12. The lowest BCUT2D eigenvalue weighted by molar-refractivity contribution is -0.137. The highest BCUT2D eigenvalue weighted by Gasteiger charge is 2.43. The van der Waals surface area contributed by atoms with Crippen LogP contribution in [0.5, 0.6) is 0 Å². The fourth-order valence-corrected chi connectivity index (χ4v) is 4.13. The number of esters is 1. The van der Waals surface area contributed by atoms with Gasteiger partial charge in [0, 0.05) is 31.9 Å². The van der Waals surface area contributed by atoms with Crippen molar-refractivity contribution in [3.63, 3.8) is 0 Å². The van der Waals surface area contributed by atoms with Crippen LogP contribution in [0.25, 0.3) is 0 Å². The van der Waals surface area contributed by atoms with E-state index in [-0.39, 0.29) is 6.10 Å². The highest BCUT2D eigenvalue weighted by atomic mass is 28.4. The van der Waals surface area contributed by atoms with E-state index >= 15 is 0 Å². The van der Waals surface area contributed by atoms with E-state index in [2.05, 4.69) is 6.58 Å². The third kappa shape index (κ3) is 4.59. The minimum Gasteiger partial charge on any atom is -0.463 e. The molecular formula is C11H20O5Si. The zero-order chi connectivity index (χ0) is 12.7. The van der Waals surface area contributed by atoms with Gasteiger partial charge in [0.2, 0.25) is 0 Å². The van der Waals surface area contributed by atoms with Crippen molar-refractivity contribution in [1.29, 1.82) is 0 Å². The molecule has 98 valence electrons. The summed E-state index contributed by atoms with van der Waals surface area (Å²) in [6, 6.07) is 0.665. The van der Waals surface area contributed by atoms with Gasteiger partial charge in [-0.1, -0.05) is 6.58 Å². The van der Waals surface area contributed by atoms with E-state index in [4.69, 9.17) is 18.0 Å². The SMILES string of the molecule is C=CC(=O)OCCC[Si]1(OC)OCCC(C)O1. The van der Waals surface area contributed by atoms with Gasteiger partial charge in [-0.15, -0.1) is 0 Å². The van der Waals surface area contributed by atoms with E-state index in [1.165, 1.54) is 0 Å². The number of carbonyl (C=O) groups is 1. The van der Waals surface area contributed by atoms with E-state index < -0.39 is 14.8 Å². The first-order valence-corrected chi connectivity index (χ1v) is 7.71. The topological polar surface area (TPSA) is 54.0 Å². The van der Waals surface area contributed by atoms with Gasteiger partial charge in [-0.3, -0.25) is 0 Å². The molecular weight excluding hydrogens is 240 g/mol. The molecule has 17 heavy (non-hydrogen) atoms. The summed E-state index contributed by atoms with van der Waals surface area (Å²) in [6.45, 7) is 6.36. The summed E-state index contributed by atoms with van der Waals surface area (Å²) in [6.07, 6.45) is 2.89. The Balaban J connectivity index is 2.31. The first kappa shape index (κ1) is 14.4. The Bertz CT molecular complexity index is 271. The van der Waals surface area contributed by atoms with Crippen molar-refractivity contribution >= 4 is 14.8 Å². The van der Waals surface area contributed by atoms with Crippen LogP contribution in [0.2, 0.25) is 6.04 Å². The average Bonchev–Trinajstić information content (AvgIpc) is 2.34. The monoisotopic (exact) mass is 260 g/mol. The van der Waals surface area contributed by atoms with Crippen LogP contribution in [0.4, 0.5) is 0 Å². The predicted octanol–water partition coefficient (Wildman–Crippen LogP) is 1.52. The molecule has 1 aliphatic rings. The van der Waals surface area contributed by atoms with Gasteiger partial charge in [-0.25, -0.2) is 4.79 Å². The summed E-state index contributed by atoms with van der Waals surface area (Å²) in [5.41, 5.74) is 0. The lowest BCUT2D eigenvalue weighted by atomic mass is 10.3. The van der Waals surface area contributed by atoms with Crippen LogP contribution in [-0.4, -0.2) is 41.2 Å². The highest BCUT2D eigenvalue weighted by molar-refractivity contribution is 6.60. The largest absolute Gasteiger partial charge is 0.501 e. The van der Waals surface area contributed by atoms with Gasteiger partial charge < -0.3 is 18.0 Å². The molecule has 1 fully saturated rings. The summed E-state index contributed by atoms with van der Waals surface area (Å²) >= 11 is 0. The van der Waals surface area contributed by atoms with Crippen LogP contribution < -0.4 is 0 Å². The van der Waals surface area contributed by atoms with Gasteiger partial charge in [-0.05, 0) is 19.8 Å². The van der Waals surface area contributed by atoms with Crippen LogP contribution in [-0.2, 0) is 22.8 Å². The number of hydrogen-bond acceptors (Lipinski definition) is 5. The number of ether oxygens (including phenoxy) is 1. The fraction of sp³-hybridized carbons (Fsp3) is 0.727. The minimum absolute atomic E-state index is 0.172. The second-order valence-electron chi connectivity index (χ2n) is 3.93. The van der Waals surface area contributed by atoms with Crippen molar-refractivity contribution in [3.05, 3.63) is 12.7 Å². The lowest BCUT2D eigenvalue weighted by Crippen LogP contribution is -2.51. The van der Waals surface area contributed by atoms with E-state index in [0.717, 1.165) is 12.5 Å². The molecule has 0 aromatic heterocycles. The Morgan fingerprint density at radius 1 is 1.65 bits per heavy atom. The molecule has 1 aliphatic heterocycles. The third-order valence-corrected chi connectivity index (χ3v) is 5.57. The van der Waals surface area contributed by atoms with Crippen LogP contribution in [0, 0.1) is 0 Å². The molecule has 0 spiro atoms. The minimum atomic E-state index is -2.52. The van der Waals surface area contributed by atoms with Crippen molar-refractivity contribution in [2.75, 3.05) is 20.3 Å². The van der Waals surface area contributed by atoms with Crippen molar-refractivity contribution < 1.29 is 22.8 Å². The van der Waals surface area contributed by atoms with Gasteiger partial charge >= 0.3 is 14.8 Å². The molecule has 5 nitrogen and oxygen atoms in total. The molecule has 0 aromatic carbocycles. The Hall–Kier alpha value is -0.693. The molecule has 1 saturated heterocycles. The second kappa shape index (κ2) is 6.90. The summed E-state index contributed by atoms with van der Waals surface area (Å²) in [7, 11) is -0.908. The van der Waals surface area contributed by atoms with E-state index in [1.807, 2.05) is 6.92 Å². The molecule has 6 heteroatoms. The maximum atomic E-state index is 10.8. The maximum absolute atomic E-state index is 10.8. The fourth-order valence-electron chi connectivity index (χ4n) is 1.64. The molecule has 0 amide bonds. The zero-order valence-electron chi connectivity index (χ0n) is 10.4. The Morgan fingerprint density at radius 2 is 2.41 bits per heavy atom. The number of hydrogen-bond donors (Lipinski definition) is 0. The predicted molar refractivity (Wildman–Crippen MR) is 64.5 cm³/mol. The molecule has 1 rings (SSSR count). The third-order valence-electron chi connectivity index (χ3n) is 2.58. The smallest absolute Gasteiger partial charge is 0.463 e. The van der Waals surface area contributed by atoms with Crippen LogP contribution >= 0.6 is 0 Å². The number of carbonyl (C=O) groups excluding carboxylic acids is 1. The number of rotatable bonds is 6. The van der Waals surface area contributed by atoms with Gasteiger partial charge in [0.05, 0.1) is 6.61 Å². The van der Waals surface area contributed by atoms with Gasteiger partial charge in [0.15, 0.2) is 0 Å². The molecule has 0 bridgehead atoms. The van der Waals surface area contributed by atoms with Crippen molar-refractivity contribution in [1.82, 2.24) is 0 Å². The second-order valence-corrected chi connectivity index (χ2v) is 6.73. The van der Waals surface area contributed by atoms with E-state index in [0.29, 0.717) is 25.7 Å². The molecule has 0 N–H and O–H groups in total. The normalized spacial score (nSPS) is 28.7. The molecule has 2 atom stereocenters. The van der Waals surface area contributed by atoms with Crippen LogP contribution in [0.3, 0.4) is 0 Å². The quantitative estimate of drug-likeness (QED) is 0.314. The molecule has 0 aliphatic carbocycles. The lowest BCUT2D eigenvalue weighted by Gasteiger charge is -2.35. The van der Waals surface area contributed by atoms with Crippen molar-refractivity contribution in [2.45, 2.75) is 31.9 Å². The van der Waals surface area contributed by atoms with Crippen molar-refractivity contribution in [2.24, 2.45) is 0 Å². The summed E-state index contributed by atoms with van der Waals surface area (Å²) < 4.78 is 21.8. The summed E-state index contributed by atoms with van der Waals surface area (Å²) in [5, 5.41) is 0. The van der Waals surface area contributed by atoms with Crippen LogP contribution in [0.15, 0.2) is 12.7 Å². The first-order valence-electron chi connectivity index (χ1n) is 5.78. The summed E-state index contributed by atoms with van der Waals surface area (Å²) in [5.74, 6) is -0.406. The molecule has 0 radical (unpaired) electrons. The zero-order valence-corrected chi connectivity index (χ0v) is 11.4. The molecule has 1 heterocycles. The van der Waals surface area contributed by atoms with Gasteiger partial charge in [-0.2, -0.15) is 0 Å². The Morgan fingerprint density at radius 3 is 3.00 bits per heavy atom. The summed E-state index contributed by atoms with van der Waals surface area (Å²) in [4.78, 5) is 10.8. The van der Waals surface area contributed by atoms with Crippen LogP contribution in [0.1, 0.15) is 19.8 Å². The molecule has 0 aromatic rings. The Labute approximate surface area is 103 Å².